The largest absolute Gasteiger partial charge is 0.370 e. The number of benzene rings is 1. The Morgan fingerprint density at radius 3 is 2.18 bits per heavy atom. The molecule has 6 heteroatoms. The van der Waals surface area contributed by atoms with Crippen LogP contribution in [0.15, 0.2) is 22.1 Å². The lowest BCUT2D eigenvalue weighted by molar-refractivity contribution is 0.608. The van der Waals surface area contributed by atoms with Gasteiger partial charge in [-0.2, -0.15) is 4.99 Å². The van der Waals surface area contributed by atoms with Gasteiger partial charge in [-0.3, -0.25) is 0 Å². The van der Waals surface area contributed by atoms with Crippen molar-refractivity contribution in [2.24, 2.45) is 27.2 Å². The van der Waals surface area contributed by atoms with Gasteiger partial charge in [0.05, 0.1) is 6.54 Å². The summed E-state index contributed by atoms with van der Waals surface area (Å²) in [7, 11) is 0. The summed E-state index contributed by atoms with van der Waals surface area (Å²) in [6.07, 6.45) is 0. The average Bonchev–Trinajstić information content (AvgIpc) is 2.22. The fourth-order valence-electron chi connectivity index (χ4n) is 1.47. The Kier molecular flexibility index (Phi) is 4.03. The zero-order valence-corrected chi connectivity index (χ0v) is 9.87. The fourth-order valence-corrected chi connectivity index (χ4v) is 1.47. The Bertz CT molecular complexity index is 452. The van der Waals surface area contributed by atoms with E-state index in [1.165, 1.54) is 0 Å². The lowest BCUT2D eigenvalue weighted by Gasteiger charge is -2.04. The second-order valence-corrected chi connectivity index (χ2v) is 3.75. The van der Waals surface area contributed by atoms with Crippen LogP contribution in [-0.2, 0) is 6.54 Å². The van der Waals surface area contributed by atoms with E-state index >= 15 is 0 Å². The van der Waals surface area contributed by atoms with Crippen LogP contribution in [0, 0.1) is 19.7 Å². The molecule has 0 atom stereocenters. The summed E-state index contributed by atoms with van der Waals surface area (Å²) in [6.45, 7) is 3.72. The smallest absolute Gasteiger partial charge is 0.218 e. The van der Waals surface area contributed by atoms with E-state index in [1.54, 1.807) is 26.0 Å². The monoisotopic (exact) mass is 237 g/mol. The maximum absolute atomic E-state index is 13.4. The second-order valence-electron chi connectivity index (χ2n) is 3.75. The second kappa shape index (κ2) is 5.29. The molecular weight excluding hydrogens is 221 g/mol. The van der Waals surface area contributed by atoms with Crippen LogP contribution in [0.2, 0.25) is 0 Å². The van der Waals surface area contributed by atoms with Crippen molar-refractivity contribution >= 4 is 11.9 Å². The van der Waals surface area contributed by atoms with Gasteiger partial charge in [0.15, 0.2) is 5.96 Å². The first-order valence-electron chi connectivity index (χ1n) is 5.05. The number of nitrogens with zero attached hydrogens (tertiary/aromatic N) is 2. The minimum Gasteiger partial charge on any atom is -0.370 e. The molecule has 0 aliphatic heterocycles. The molecule has 1 rings (SSSR count). The normalized spacial score (nSPS) is 11.4. The summed E-state index contributed by atoms with van der Waals surface area (Å²) in [5.41, 5.74) is 17.8. The predicted octanol–water partition coefficient (Wildman–Crippen LogP) is 0.531. The summed E-state index contributed by atoms with van der Waals surface area (Å²) in [5.74, 6) is -0.336. The minimum absolute atomic E-state index is 0.00429. The van der Waals surface area contributed by atoms with Gasteiger partial charge in [-0.05, 0) is 30.5 Å². The van der Waals surface area contributed by atoms with Crippen molar-refractivity contribution in [3.63, 3.8) is 0 Å². The molecule has 92 valence electrons. The topological polar surface area (TPSA) is 103 Å². The van der Waals surface area contributed by atoms with Crippen LogP contribution in [0.4, 0.5) is 4.39 Å². The van der Waals surface area contributed by atoms with Gasteiger partial charge in [0.1, 0.15) is 5.82 Å². The maximum Gasteiger partial charge on any atom is 0.218 e. The fraction of sp³-hybridized carbons (Fsp3) is 0.273. The Balaban J connectivity index is 2.87. The van der Waals surface area contributed by atoms with Crippen molar-refractivity contribution in [1.82, 2.24) is 0 Å². The summed E-state index contributed by atoms with van der Waals surface area (Å²) >= 11 is 0. The highest BCUT2D eigenvalue weighted by Gasteiger charge is 2.03. The van der Waals surface area contributed by atoms with Gasteiger partial charge in [-0.25, -0.2) is 9.38 Å². The highest BCUT2D eigenvalue weighted by atomic mass is 19.1. The van der Waals surface area contributed by atoms with Gasteiger partial charge in [-0.1, -0.05) is 12.1 Å². The van der Waals surface area contributed by atoms with E-state index in [-0.39, 0.29) is 17.7 Å². The van der Waals surface area contributed by atoms with Gasteiger partial charge in [0, 0.05) is 0 Å². The number of halogens is 1. The van der Waals surface area contributed by atoms with Crippen molar-refractivity contribution < 1.29 is 4.39 Å². The highest BCUT2D eigenvalue weighted by molar-refractivity contribution is 5.92. The Morgan fingerprint density at radius 2 is 1.71 bits per heavy atom. The molecule has 1 aromatic carbocycles. The molecule has 6 N–H and O–H groups in total. The zero-order valence-electron chi connectivity index (χ0n) is 9.87. The number of nitrogens with two attached hydrogens (primary N) is 3. The molecule has 5 nitrogen and oxygen atoms in total. The molecule has 0 aromatic heterocycles. The summed E-state index contributed by atoms with van der Waals surface area (Å²) in [4.78, 5) is 7.55. The standard InChI is InChI=1S/C11H16FN5/c1-6-3-8(4-7(2)9(6)12)5-16-11(15)17-10(13)14/h3-4H,5H2,1-2H3,(H6,13,14,15,16,17). The van der Waals surface area contributed by atoms with Gasteiger partial charge in [0.25, 0.3) is 0 Å². The van der Waals surface area contributed by atoms with Gasteiger partial charge < -0.3 is 17.2 Å². The van der Waals surface area contributed by atoms with E-state index in [2.05, 4.69) is 9.98 Å². The molecular formula is C11H16FN5. The summed E-state index contributed by atoms with van der Waals surface area (Å²) in [5, 5.41) is 0. The Hall–Kier alpha value is -2.11. The summed E-state index contributed by atoms with van der Waals surface area (Å²) in [6, 6.07) is 3.43. The number of hydrogen-bond acceptors (Lipinski definition) is 1. The van der Waals surface area contributed by atoms with Crippen LogP contribution in [-0.4, -0.2) is 11.9 Å². The Labute approximate surface area is 99.2 Å². The molecule has 0 aliphatic carbocycles. The van der Waals surface area contributed by atoms with Crippen LogP contribution in [0.3, 0.4) is 0 Å². The quantitative estimate of drug-likeness (QED) is 0.516. The first-order valence-corrected chi connectivity index (χ1v) is 5.05. The third-order valence-electron chi connectivity index (χ3n) is 2.16. The SMILES string of the molecule is Cc1cc(CN=C(N)N=C(N)N)cc(C)c1F. The van der Waals surface area contributed by atoms with Gasteiger partial charge in [-0.15, -0.1) is 0 Å². The van der Waals surface area contributed by atoms with Crippen LogP contribution in [0.5, 0.6) is 0 Å². The lowest BCUT2D eigenvalue weighted by Crippen LogP contribution is -2.26. The highest BCUT2D eigenvalue weighted by Crippen LogP contribution is 2.15. The molecule has 0 unspecified atom stereocenters. The molecule has 17 heavy (non-hydrogen) atoms. The number of aryl methyl sites for hydroxylation is 2. The van der Waals surface area contributed by atoms with E-state index in [9.17, 15) is 4.39 Å². The molecule has 1 aromatic rings. The van der Waals surface area contributed by atoms with Crippen molar-refractivity contribution in [2.45, 2.75) is 20.4 Å². The van der Waals surface area contributed by atoms with Gasteiger partial charge >= 0.3 is 0 Å². The molecule has 0 spiro atoms. The van der Waals surface area contributed by atoms with Crippen molar-refractivity contribution in [1.29, 1.82) is 0 Å². The molecule has 0 fully saturated rings. The molecule has 0 bridgehead atoms. The van der Waals surface area contributed by atoms with E-state index in [1.807, 2.05) is 0 Å². The molecule has 0 heterocycles. The third kappa shape index (κ3) is 3.75. The van der Waals surface area contributed by atoms with E-state index < -0.39 is 0 Å². The predicted molar refractivity (Wildman–Crippen MR) is 67.0 cm³/mol. The Morgan fingerprint density at radius 1 is 1.18 bits per heavy atom. The average molecular weight is 237 g/mol. The molecule has 0 saturated heterocycles. The number of hydrogen-bond donors (Lipinski definition) is 3. The zero-order chi connectivity index (χ0) is 13.0. The molecule has 0 saturated carbocycles. The van der Waals surface area contributed by atoms with Crippen LogP contribution < -0.4 is 17.2 Å². The van der Waals surface area contributed by atoms with Crippen LogP contribution in [0.1, 0.15) is 16.7 Å². The maximum atomic E-state index is 13.4. The van der Waals surface area contributed by atoms with Crippen molar-refractivity contribution in [3.8, 4) is 0 Å². The van der Waals surface area contributed by atoms with E-state index in [0.29, 0.717) is 17.7 Å². The molecule has 0 aliphatic rings. The van der Waals surface area contributed by atoms with Crippen molar-refractivity contribution in [2.75, 3.05) is 0 Å². The van der Waals surface area contributed by atoms with Crippen LogP contribution in [0.25, 0.3) is 0 Å². The van der Waals surface area contributed by atoms with Gasteiger partial charge in [0.2, 0.25) is 5.96 Å². The van der Waals surface area contributed by atoms with E-state index in [0.717, 1.165) is 5.56 Å². The first-order chi connectivity index (χ1) is 7.90. The van der Waals surface area contributed by atoms with Crippen LogP contribution >= 0.6 is 0 Å². The lowest BCUT2D eigenvalue weighted by atomic mass is 10.1. The summed E-state index contributed by atoms with van der Waals surface area (Å²) < 4.78 is 13.4. The first kappa shape index (κ1) is 13.0. The van der Waals surface area contributed by atoms with Crippen molar-refractivity contribution in [3.05, 3.63) is 34.6 Å². The number of guanidine groups is 2. The molecule has 0 amide bonds. The number of aliphatic imine (C=N–C) groups is 2. The third-order valence-corrected chi connectivity index (χ3v) is 2.16. The van der Waals surface area contributed by atoms with E-state index in [4.69, 9.17) is 17.2 Å². The number of rotatable bonds is 2. The molecule has 0 radical (unpaired) electrons. The minimum atomic E-state index is -0.199.